The van der Waals surface area contributed by atoms with E-state index in [1.807, 2.05) is 0 Å². The van der Waals surface area contributed by atoms with Crippen LogP contribution in [0.2, 0.25) is 0 Å². The smallest absolute Gasteiger partial charge is 0.131 e. The third-order valence-corrected chi connectivity index (χ3v) is 4.70. The van der Waals surface area contributed by atoms with Gasteiger partial charge in [0.15, 0.2) is 0 Å². The molecule has 0 radical (unpaired) electrons. The summed E-state index contributed by atoms with van der Waals surface area (Å²) in [4.78, 5) is 0. The predicted octanol–water partition coefficient (Wildman–Crippen LogP) is 3.72. The number of nitrogens with one attached hydrogen (secondary N) is 1. The Hall–Kier alpha value is -0.480. The Morgan fingerprint density at radius 2 is 1.83 bits per heavy atom. The first kappa shape index (κ1) is 13.9. The van der Waals surface area contributed by atoms with E-state index in [2.05, 4.69) is 43.2 Å². The second kappa shape index (κ2) is 5.66. The highest BCUT2D eigenvalue weighted by molar-refractivity contribution is 7.11. The van der Waals surface area contributed by atoms with Crippen LogP contribution >= 0.6 is 11.3 Å². The summed E-state index contributed by atoms with van der Waals surface area (Å²) in [5.74, 6) is 1.57. The lowest BCUT2D eigenvalue weighted by atomic mass is 9.83. The van der Waals surface area contributed by atoms with E-state index in [1.54, 1.807) is 11.3 Å². The highest BCUT2D eigenvalue weighted by Gasteiger charge is 2.23. The Labute approximate surface area is 114 Å². The van der Waals surface area contributed by atoms with Gasteiger partial charge in [-0.25, -0.2) is 0 Å². The Morgan fingerprint density at radius 1 is 1.17 bits per heavy atom. The molecule has 1 N–H and O–H groups in total. The van der Waals surface area contributed by atoms with Crippen LogP contribution in [0.3, 0.4) is 0 Å². The SMILES string of the molecule is CC1CCC(c2nnc(CNC(C)(C)C)s2)CC1. The average molecular weight is 267 g/mol. The Kier molecular flexibility index (Phi) is 4.38. The van der Waals surface area contributed by atoms with Gasteiger partial charge in [0.1, 0.15) is 10.0 Å². The van der Waals surface area contributed by atoms with Crippen LogP contribution in [0.15, 0.2) is 0 Å². The first-order valence-corrected chi connectivity index (χ1v) is 7.83. The largest absolute Gasteiger partial charge is 0.306 e. The standard InChI is InChI=1S/C14H25N3S/c1-10-5-7-11(8-6-10)13-17-16-12(18-13)9-15-14(2,3)4/h10-11,15H,5-9H2,1-4H3. The topological polar surface area (TPSA) is 37.8 Å². The molecule has 18 heavy (non-hydrogen) atoms. The number of rotatable bonds is 3. The van der Waals surface area contributed by atoms with E-state index in [1.165, 1.54) is 30.7 Å². The second-order valence-corrected chi connectivity index (χ2v) is 7.69. The molecule has 0 aliphatic heterocycles. The van der Waals surface area contributed by atoms with Crippen molar-refractivity contribution >= 4 is 11.3 Å². The van der Waals surface area contributed by atoms with Crippen LogP contribution < -0.4 is 5.32 Å². The molecule has 2 rings (SSSR count). The van der Waals surface area contributed by atoms with Crippen molar-refractivity contribution in [2.45, 2.75) is 71.4 Å². The number of aromatic nitrogens is 2. The molecule has 0 saturated heterocycles. The normalized spacial score (nSPS) is 25.3. The van der Waals surface area contributed by atoms with Gasteiger partial charge in [-0.3, -0.25) is 0 Å². The van der Waals surface area contributed by atoms with Gasteiger partial charge >= 0.3 is 0 Å². The fourth-order valence-electron chi connectivity index (χ4n) is 2.35. The van der Waals surface area contributed by atoms with Crippen LogP contribution in [0.1, 0.15) is 69.3 Å². The zero-order chi connectivity index (χ0) is 13.2. The van der Waals surface area contributed by atoms with E-state index in [0.717, 1.165) is 17.5 Å². The summed E-state index contributed by atoms with van der Waals surface area (Å²) in [5.41, 5.74) is 0.145. The quantitative estimate of drug-likeness (QED) is 0.907. The molecule has 0 atom stereocenters. The van der Waals surface area contributed by atoms with Crippen molar-refractivity contribution in [3.8, 4) is 0 Å². The number of hydrogen-bond acceptors (Lipinski definition) is 4. The highest BCUT2D eigenvalue weighted by Crippen LogP contribution is 2.36. The summed E-state index contributed by atoms with van der Waals surface area (Å²) in [6.07, 6.45) is 5.28. The summed E-state index contributed by atoms with van der Waals surface area (Å²) in [7, 11) is 0. The molecule has 1 aliphatic carbocycles. The molecular formula is C14H25N3S. The fraction of sp³-hybridized carbons (Fsp3) is 0.857. The third kappa shape index (κ3) is 4.02. The first-order valence-electron chi connectivity index (χ1n) is 7.01. The molecule has 0 unspecified atom stereocenters. The molecule has 0 amide bonds. The summed E-state index contributed by atoms with van der Waals surface area (Å²) in [6, 6.07) is 0. The monoisotopic (exact) mass is 267 g/mol. The minimum atomic E-state index is 0.145. The van der Waals surface area contributed by atoms with Gasteiger partial charge in [-0.2, -0.15) is 0 Å². The molecular weight excluding hydrogens is 242 g/mol. The molecule has 0 bridgehead atoms. The molecule has 0 spiro atoms. The van der Waals surface area contributed by atoms with Gasteiger partial charge in [0, 0.05) is 11.5 Å². The van der Waals surface area contributed by atoms with E-state index in [4.69, 9.17) is 0 Å². The molecule has 1 aromatic heterocycles. The second-order valence-electron chi connectivity index (χ2n) is 6.59. The van der Waals surface area contributed by atoms with Gasteiger partial charge in [-0.1, -0.05) is 31.1 Å². The van der Waals surface area contributed by atoms with Crippen molar-refractivity contribution in [1.29, 1.82) is 0 Å². The van der Waals surface area contributed by atoms with Crippen LogP contribution in [-0.4, -0.2) is 15.7 Å². The summed E-state index contributed by atoms with van der Waals surface area (Å²) in [6.45, 7) is 9.73. The lowest BCUT2D eigenvalue weighted by Gasteiger charge is -2.23. The van der Waals surface area contributed by atoms with Crippen LogP contribution in [0.4, 0.5) is 0 Å². The van der Waals surface area contributed by atoms with Crippen molar-refractivity contribution < 1.29 is 0 Å². The number of nitrogens with zero attached hydrogens (tertiary/aromatic N) is 2. The lowest BCUT2D eigenvalue weighted by molar-refractivity contribution is 0.346. The van der Waals surface area contributed by atoms with Crippen LogP contribution in [0, 0.1) is 5.92 Å². The van der Waals surface area contributed by atoms with Crippen LogP contribution in [-0.2, 0) is 6.54 Å². The molecule has 4 heteroatoms. The molecule has 1 aliphatic rings. The molecule has 1 saturated carbocycles. The van der Waals surface area contributed by atoms with E-state index in [9.17, 15) is 0 Å². The number of hydrogen-bond donors (Lipinski definition) is 1. The van der Waals surface area contributed by atoms with Gasteiger partial charge in [0.05, 0.1) is 6.54 Å². The molecule has 1 heterocycles. The van der Waals surface area contributed by atoms with E-state index in [0.29, 0.717) is 5.92 Å². The van der Waals surface area contributed by atoms with Gasteiger partial charge < -0.3 is 5.32 Å². The predicted molar refractivity (Wildman–Crippen MR) is 76.9 cm³/mol. The molecule has 102 valence electrons. The fourth-order valence-corrected chi connectivity index (χ4v) is 3.30. The summed E-state index contributed by atoms with van der Waals surface area (Å²) >= 11 is 1.80. The zero-order valence-corrected chi connectivity index (χ0v) is 12.8. The maximum atomic E-state index is 4.39. The van der Waals surface area contributed by atoms with Crippen molar-refractivity contribution in [2.75, 3.05) is 0 Å². The van der Waals surface area contributed by atoms with Crippen molar-refractivity contribution in [1.82, 2.24) is 15.5 Å². The molecule has 3 nitrogen and oxygen atoms in total. The maximum Gasteiger partial charge on any atom is 0.131 e. The van der Waals surface area contributed by atoms with Gasteiger partial charge in [0.25, 0.3) is 0 Å². The van der Waals surface area contributed by atoms with Gasteiger partial charge in [0.2, 0.25) is 0 Å². The first-order chi connectivity index (χ1) is 8.44. The molecule has 1 fully saturated rings. The van der Waals surface area contributed by atoms with Crippen molar-refractivity contribution in [2.24, 2.45) is 5.92 Å². The van der Waals surface area contributed by atoms with Crippen LogP contribution in [0.25, 0.3) is 0 Å². The van der Waals surface area contributed by atoms with Crippen LogP contribution in [0.5, 0.6) is 0 Å². The van der Waals surface area contributed by atoms with Gasteiger partial charge in [-0.05, 0) is 39.5 Å². The van der Waals surface area contributed by atoms with Crippen molar-refractivity contribution in [3.05, 3.63) is 10.0 Å². The Morgan fingerprint density at radius 3 is 2.44 bits per heavy atom. The Bertz CT molecular complexity index is 373. The summed E-state index contributed by atoms with van der Waals surface area (Å²) < 4.78 is 0. The average Bonchev–Trinajstić information content (AvgIpc) is 2.75. The third-order valence-electron chi connectivity index (χ3n) is 3.62. The molecule has 0 aromatic carbocycles. The molecule has 1 aromatic rings. The summed E-state index contributed by atoms with van der Waals surface area (Å²) in [5, 5.41) is 14.6. The zero-order valence-electron chi connectivity index (χ0n) is 12.0. The Balaban J connectivity index is 1.90. The maximum absolute atomic E-state index is 4.39. The van der Waals surface area contributed by atoms with E-state index < -0.39 is 0 Å². The van der Waals surface area contributed by atoms with Gasteiger partial charge in [-0.15, -0.1) is 10.2 Å². The minimum absolute atomic E-state index is 0.145. The lowest BCUT2D eigenvalue weighted by Crippen LogP contribution is -2.35. The van der Waals surface area contributed by atoms with Crippen molar-refractivity contribution in [3.63, 3.8) is 0 Å². The minimum Gasteiger partial charge on any atom is -0.306 e. The highest BCUT2D eigenvalue weighted by atomic mass is 32.1. The van der Waals surface area contributed by atoms with E-state index >= 15 is 0 Å². The van der Waals surface area contributed by atoms with E-state index in [-0.39, 0.29) is 5.54 Å².